The lowest BCUT2D eigenvalue weighted by Crippen LogP contribution is -2.15. The van der Waals surface area contributed by atoms with Crippen LogP contribution in [0.2, 0.25) is 0 Å². The van der Waals surface area contributed by atoms with Crippen LogP contribution in [-0.2, 0) is 19.1 Å². The lowest BCUT2D eigenvalue weighted by molar-refractivity contribution is -0.144. The highest BCUT2D eigenvalue weighted by molar-refractivity contribution is 8.00. The molecule has 0 heterocycles. The molecule has 0 fully saturated rings. The molecule has 0 unspecified atom stereocenters. The van der Waals surface area contributed by atoms with Crippen LogP contribution in [0.15, 0.2) is 0 Å². The third kappa shape index (κ3) is 7.91. The van der Waals surface area contributed by atoms with Gasteiger partial charge in [-0.25, -0.2) is 0 Å². The Morgan fingerprint density at radius 3 is 2.29 bits per heavy atom. The van der Waals surface area contributed by atoms with Gasteiger partial charge < -0.3 is 9.47 Å². The van der Waals surface area contributed by atoms with Gasteiger partial charge in [-0.1, -0.05) is 0 Å². The Balaban J connectivity index is 3.44. The number of hydrogen-bond donors (Lipinski definition) is 0. The fourth-order valence-corrected chi connectivity index (χ4v) is 1.30. The number of ether oxygens (including phenoxy) is 2. The summed E-state index contributed by atoms with van der Waals surface area (Å²) in [7, 11) is 0. The predicted octanol–water partition coefficient (Wildman–Crippen LogP) is 1.23. The van der Waals surface area contributed by atoms with Crippen molar-refractivity contribution in [2.75, 3.05) is 18.1 Å². The number of carbonyl (C=O) groups excluding carboxylic acids is 2. The third-order valence-electron chi connectivity index (χ3n) is 1.11. The van der Waals surface area contributed by atoms with Crippen molar-refractivity contribution in [2.45, 2.75) is 26.9 Å². The highest BCUT2D eigenvalue weighted by Gasteiger charge is 2.07. The second kappa shape index (κ2) is 7.67. The maximum Gasteiger partial charge on any atom is 0.316 e. The van der Waals surface area contributed by atoms with Gasteiger partial charge in [-0.15, -0.1) is 11.8 Å². The van der Waals surface area contributed by atoms with Crippen LogP contribution in [-0.4, -0.2) is 36.2 Å². The minimum Gasteiger partial charge on any atom is -0.465 e. The Hall–Kier alpha value is -0.710. The third-order valence-corrected chi connectivity index (χ3v) is 1.99. The first-order chi connectivity index (χ1) is 6.56. The van der Waals surface area contributed by atoms with Crippen LogP contribution in [0.5, 0.6) is 0 Å². The van der Waals surface area contributed by atoms with Gasteiger partial charge in [-0.3, -0.25) is 9.59 Å². The van der Waals surface area contributed by atoms with E-state index in [4.69, 9.17) is 9.47 Å². The van der Waals surface area contributed by atoms with Crippen LogP contribution < -0.4 is 0 Å². The molecule has 0 saturated carbocycles. The Bertz CT molecular complexity index is 191. The largest absolute Gasteiger partial charge is 0.465 e. The van der Waals surface area contributed by atoms with Gasteiger partial charge in [0.2, 0.25) is 0 Å². The van der Waals surface area contributed by atoms with Gasteiger partial charge in [0.1, 0.15) is 0 Å². The van der Waals surface area contributed by atoms with Crippen molar-refractivity contribution >= 4 is 23.7 Å². The van der Waals surface area contributed by atoms with Crippen LogP contribution in [0, 0.1) is 0 Å². The molecule has 0 N–H and O–H groups in total. The Kier molecular flexibility index (Phi) is 7.28. The zero-order valence-electron chi connectivity index (χ0n) is 8.74. The van der Waals surface area contributed by atoms with Crippen LogP contribution in [0.4, 0.5) is 0 Å². The number of rotatable bonds is 6. The highest BCUT2D eigenvalue weighted by Crippen LogP contribution is 2.02. The smallest absolute Gasteiger partial charge is 0.316 e. The average molecular weight is 220 g/mol. The second-order valence-electron chi connectivity index (χ2n) is 2.84. The van der Waals surface area contributed by atoms with Crippen molar-refractivity contribution in [1.82, 2.24) is 0 Å². The highest BCUT2D eigenvalue weighted by atomic mass is 32.2. The van der Waals surface area contributed by atoms with E-state index in [-0.39, 0.29) is 29.5 Å². The molecule has 0 aromatic carbocycles. The molecular formula is C9H16O4S. The summed E-state index contributed by atoms with van der Waals surface area (Å²) in [6.45, 7) is 5.69. The topological polar surface area (TPSA) is 52.6 Å². The second-order valence-corrected chi connectivity index (χ2v) is 3.82. The summed E-state index contributed by atoms with van der Waals surface area (Å²) in [5, 5.41) is 0. The van der Waals surface area contributed by atoms with Gasteiger partial charge in [0, 0.05) is 0 Å². The molecular weight excluding hydrogens is 204 g/mol. The molecule has 14 heavy (non-hydrogen) atoms. The minimum absolute atomic E-state index is 0.106. The van der Waals surface area contributed by atoms with Crippen LogP contribution in [0.3, 0.4) is 0 Å². The molecule has 0 aromatic heterocycles. The number of thioether (sulfide) groups is 1. The SMILES string of the molecule is CCOC(=O)CSCC(=O)OC(C)C. The van der Waals surface area contributed by atoms with E-state index in [9.17, 15) is 9.59 Å². The standard InChI is InChI=1S/C9H16O4S/c1-4-12-8(10)5-14-6-9(11)13-7(2)3/h7H,4-6H2,1-3H3. The Morgan fingerprint density at radius 1 is 1.21 bits per heavy atom. The van der Waals surface area contributed by atoms with Crippen molar-refractivity contribution in [3.8, 4) is 0 Å². The average Bonchev–Trinajstić information content (AvgIpc) is 2.02. The first-order valence-electron chi connectivity index (χ1n) is 4.49. The van der Waals surface area contributed by atoms with E-state index in [2.05, 4.69) is 0 Å². The normalized spacial score (nSPS) is 10.0. The summed E-state index contributed by atoms with van der Waals surface area (Å²) < 4.78 is 9.57. The molecule has 0 aliphatic rings. The zero-order valence-corrected chi connectivity index (χ0v) is 9.56. The van der Waals surface area contributed by atoms with Gasteiger partial charge in [0.05, 0.1) is 24.2 Å². The van der Waals surface area contributed by atoms with E-state index in [0.717, 1.165) is 0 Å². The summed E-state index contributed by atoms with van der Waals surface area (Å²) in [5.74, 6) is -0.206. The van der Waals surface area contributed by atoms with Crippen LogP contribution in [0.1, 0.15) is 20.8 Å². The Labute approximate surface area is 88.3 Å². The van der Waals surface area contributed by atoms with Crippen molar-refractivity contribution in [2.24, 2.45) is 0 Å². The molecule has 0 atom stereocenters. The van der Waals surface area contributed by atoms with Crippen molar-refractivity contribution < 1.29 is 19.1 Å². The number of esters is 2. The van der Waals surface area contributed by atoms with E-state index in [1.807, 2.05) is 0 Å². The molecule has 0 saturated heterocycles. The van der Waals surface area contributed by atoms with E-state index < -0.39 is 0 Å². The lowest BCUT2D eigenvalue weighted by Gasteiger charge is -2.06. The predicted molar refractivity (Wildman–Crippen MR) is 55.2 cm³/mol. The minimum atomic E-state index is -0.297. The van der Waals surface area contributed by atoms with Gasteiger partial charge in [0.15, 0.2) is 0 Å². The molecule has 0 bridgehead atoms. The van der Waals surface area contributed by atoms with E-state index in [1.165, 1.54) is 11.8 Å². The van der Waals surface area contributed by atoms with Gasteiger partial charge >= 0.3 is 11.9 Å². The molecule has 0 aromatic rings. The molecule has 0 aliphatic carbocycles. The monoisotopic (exact) mass is 220 g/mol. The fourth-order valence-electron chi connectivity index (χ4n) is 0.717. The number of carbonyl (C=O) groups is 2. The molecule has 0 rings (SSSR count). The van der Waals surface area contributed by atoms with E-state index >= 15 is 0 Å². The van der Waals surface area contributed by atoms with Gasteiger partial charge in [-0.2, -0.15) is 0 Å². The zero-order chi connectivity index (χ0) is 11.0. The van der Waals surface area contributed by atoms with E-state index in [1.54, 1.807) is 20.8 Å². The summed E-state index contributed by atoms with van der Waals surface area (Å²) in [6.07, 6.45) is -0.106. The molecule has 0 radical (unpaired) electrons. The maximum atomic E-state index is 11.0. The molecule has 0 spiro atoms. The van der Waals surface area contributed by atoms with Crippen molar-refractivity contribution in [1.29, 1.82) is 0 Å². The summed E-state index contributed by atoms with van der Waals surface area (Å²) in [4.78, 5) is 21.8. The molecule has 4 nitrogen and oxygen atoms in total. The maximum absolute atomic E-state index is 11.0. The van der Waals surface area contributed by atoms with Crippen LogP contribution in [0.25, 0.3) is 0 Å². The first-order valence-corrected chi connectivity index (χ1v) is 5.64. The van der Waals surface area contributed by atoms with Gasteiger partial charge in [-0.05, 0) is 20.8 Å². The van der Waals surface area contributed by atoms with Crippen molar-refractivity contribution in [3.63, 3.8) is 0 Å². The molecule has 5 heteroatoms. The number of hydrogen-bond acceptors (Lipinski definition) is 5. The summed E-state index contributed by atoms with van der Waals surface area (Å²) >= 11 is 1.20. The van der Waals surface area contributed by atoms with Crippen molar-refractivity contribution in [3.05, 3.63) is 0 Å². The first kappa shape index (κ1) is 13.3. The molecule has 0 aliphatic heterocycles. The quantitative estimate of drug-likeness (QED) is 0.630. The molecule has 0 amide bonds. The van der Waals surface area contributed by atoms with Crippen LogP contribution >= 0.6 is 11.8 Å². The van der Waals surface area contributed by atoms with Gasteiger partial charge in [0.25, 0.3) is 0 Å². The summed E-state index contributed by atoms with van der Waals surface area (Å²) in [5.41, 5.74) is 0. The molecule has 82 valence electrons. The Morgan fingerprint density at radius 2 is 1.79 bits per heavy atom. The summed E-state index contributed by atoms with van der Waals surface area (Å²) in [6, 6.07) is 0. The van der Waals surface area contributed by atoms with E-state index in [0.29, 0.717) is 6.61 Å². The lowest BCUT2D eigenvalue weighted by atomic mass is 10.5. The fraction of sp³-hybridized carbons (Fsp3) is 0.778.